The molecule has 0 aromatic rings. The zero-order valence-electron chi connectivity index (χ0n) is 7.21. The Morgan fingerprint density at radius 2 is 2.09 bits per heavy atom. The fourth-order valence-electron chi connectivity index (χ4n) is 0.676. The Morgan fingerprint density at radius 1 is 1.45 bits per heavy atom. The topological polar surface area (TPSA) is 73.6 Å². The minimum atomic E-state index is -0.0189. The van der Waals surface area contributed by atoms with Gasteiger partial charge in [-0.3, -0.25) is 0 Å². The van der Waals surface area contributed by atoms with Crippen molar-refractivity contribution in [2.24, 2.45) is 22.5 Å². The first-order valence-corrected chi connectivity index (χ1v) is 3.84. The quantitative estimate of drug-likeness (QED) is 0.267. The molecule has 0 unspecified atom stereocenters. The third-order valence-corrected chi connectivity index (χ3v) is 1.19. The van der Waals surface area contributed by atoms with Crippen molar-refractivity contribution in [3.63, 3.8) is 0 Å². The first-order valence-electron chi connectivity index (χ1n) is 3.84. The van der Waals surface area contributed by atoms with Crippen molar-refractivity contribution in [2.75, 3.05) is 6.61 Å². The van der Waals surface area contributed by atoms with Gasteiger partial charge in [-0.05, 0) is 23.9 Å². The van der Waals surface area contributed by atoms with E-state index in [1.54, 1.807) is 0 Å². The number of nitrogens with two attached hydrogens (primary N) is 2. The minimum Gasteiger partial charge on any atom is -0.393 e. The first-order chi connectivity index (χ1) is 5.13. The van der Waals surface area contributed by atoms with Gasteiger partial charge in [0.05, 0.1) is 0 Å². The van der Waals surface area contributed by atoms with Gasteiger partial charge >= 0.3 is 0 Å². The summed E-state index contributed by atoms with van der Waals surface area (Å²) in [6, 6.07) is 0. The zero-order chi connectivity index (χ0) is 8.69. The molecule has 0 fully saturated rings. The Hall–Kier alpha value is -0.930. The summed E-state index contributed by atoms with van der Waals surface area (Å²) in [5, 5.41) is 3.39. The van der Waals surface area contributed by atoms with E-state index in [2.05, 4.69) is 19.0 Å². The maximum atomic E-state index is 5.04. The lowest BCUT2D eigenvalue weighted by molar-refractivity contribution is 0.136. The van der Waals surface area contributed by atoms with E-state index in [4.69, 9.17) is 16.3 Å². The van der Waals surface area contributed by atoms with E-state index in [1.807, 2.05) is 0 Å². The van der Waals surface area contributed by atoms with Crippen LogP contribution in [0.2, 0.25) is 0 Å². The minimum absolute atomic E-state index is 0.0189. The first kappa shape index (κ1) is 10.1. The Kier molecular flexibility index (Phi) is 5.33. The average molecular weight is 159 g/mol. The molecule has 0 aliphatic heterocycles. The molecule has 0 atom stereocenters. The van der Waals surface area contributed by atoms with Crippen LogP contribution in [0.1, 0.15) is 26.7 Å². The van der Waals surface area contributed by atoms with Gasteiger partial charge in [0.2, 0.25) is 5.96 Å². The normalized spacial score (nSPS) is 9.73. The third kappa shape index (κ3) is 9.07. The highest BCUT2D eigenvalue weighted by Crippen LogP contribution is 2.02. The van der Waals surface area contributed by atoms with Gasteiger partial charge in [0.1, 0.15) is 6.61 Å². The van der Waals surface area contributed by atoms with Gasteiger partial charge in [-0.15, -0.1) is 0 Å². The number of guanidine groups is 1. The maximum absolute atomic E-state index is 5.04. The standard InChI is InChI=1S/C7H17N3O/c1-6(2)4-3-5-11-10-7(8)9/h6H,3-5H2,1-2H3,(H4,8,9,10). The summed E-state index contributed by atoms with van der Waals surface area (Å²) in [5.74, 6) is 0.687. The highest BCUT2D eigenvalue weighted by Gasteiger charge is 1.93. The van der Waals surface area contributed by atoms with E-state index in [0.717, 1.165) is 12.8 Å². The van der Waals surface area contributed by atoms with Crippen LogP contribution in [0, 0.1) is 5.92 Å². The van der Waals surface area contributed by atoms with Crippen LogP contribution in [0.5, 0.6) is 0 Å². The summed E-state index contributed by atoms with van der Waals surface area (Å²) >= 11 is 0. The van der Waals surface area contributed by atoms with Crippen LogP contribution in [-0.4, -0.2) is 12.6 Å². The molecule has 4 heteroatoms. The molecule has 0 spiro atoms. The fraction of sp³-hybridized carbons (Fsp3) is 0.857. The van der Waals surface area contributed by atoms with Crippen molar-refractivity contribution in [3.8, 4) is 0 Å². The van der Waals surface area contributed by atoms with Gasteiger partial charge in [-0.25, -0.2) is 0 Å². The van der Waals surface area contributed by atoms with Crippen LogP contribution in [0.3, 0.4) is 0 Å². The number of rotatable bonds is 5. The molecular formula is C7H17N3O. The van der Waals surface area contributed by atoms with Crippen LogP contribution < -0.4 is 11.5 Å². The van der Waals surface area contributed by atoms with Crippen LogP contribution in [0.15, 0.2) is 5.16 Å². The Morgan fingerprint density at radius 3 is 2.55 bits per heavy atom. The molecule has 4 N–H and O–H groups in total. The Balaban J connectivity index is 3.09. The molecular weight excluding hydrogens is 142 g/mol. The molecule has 66 valence electrons. The molecule has 0 aromatic carbocycles. The lowest BCUT2D eigenvalue weighted by Crippen LogP contribution is -2.22. The molecule has 0 aliphatic carbocycles. The van der Waals surface area contributed by atoms with E-state index >= 15 is 0 Å². The molecule has 0 saturated heterocycles. The van der Waals surface area contributed by atoms with Gasteiger partial charge in [-0.2, -0.15) is 0 Å². The summed E-state index contributed by atoms with van der Waals surface area (Å²) in [4.78, 5) is 4.78. The van der Waals surface area contributed by atoms with Gasteiger partial charge in [0.25, 0.3) is 0 Å². The highest BCUT2D eigenvalue weighted by molar-refractivity contribution is 5.74. The second-order valence-corrected chi connectivity index (χ2v) is 2.89. The van der Waals surface area contributed by atoms with Gasteiger partial charge < -0.3 is 16.3 Å². The smallest absolute Gasteiger partial charge is 0.228 e. The lowest BCUT2D eigenvalue weighted by atomic mass is 10.1. The Labute approximate surface area is 67.6 Å². The molecule has 4 nitrogen and oxygen atoms in total. The second-order valence-electron chi connectivity index (χ2n) is 2.89. The van der Waals surface area contributed by atoms with Gasteiger partial charge in [-0.1, -0.05) is 13.8 Å². The number of oxime groups is 1. The van der Waals surface area contributed by atoms with Crippen molar-refractivity contribution in [1.29, 1.82) is 0 Å². The van der Waals surface area contributed by atoms with E-state index in [9.17, 15) is 0 Å². The van der Waals surface area contributed by atoms with Crippen molar-refractivity contribution >= 4 is 5.96 Å². The van der Waals surface area contributed by atoms with Gasteiger partial charge in [0, 0.05) is 0 Å². The number of hydrogen-bond donors (Lipinski definition) is 2. The maximum Gasteiger partial charge on any atom is 0.228 e. The highest BCUT2D eigenvalue weighted by atomic mass is 16.6. The molecule has 0 aliphatic rings. The summed E-state index contributed by atoms with van der Waals surface area (Å²) < 4.78 is 0. The summed E-state index contributed by atoms with van der Waals surface area (Å²) in [7, 11) is 0. The van der Waals surface area contributed by atoms with Crippen LogP contribution in [-0.2, 0) is 4.84 Å². The lowest BCUT2D eigenvalue weighted by Gasteiger charge is -2.02. The van der Waals surface area contributed by atoms with Crippen molar-refractivity contribution < 1.29 is 4.84 Å². The van der Waals surface area contributed by atoms with E-state index < -0.39 is 0 Å². The summed E-state index contributed by atoms with van der Waals surface area (Å²) in [6.07, 6.45) is 2.13. The third-order valence-electron chi connectivity index (χ3n) is 1.19. The molecule has 0 saturated carbocycles. The van der Waals surface area contributed by atoms with Crippen LogP contribution >= 0.6 is 0 Å². The second kappa shape index (κ2) is 5.82. The van der Waals surface area contributed by atoms with Crippen LogP contribution in [0.4, 0.5) is 0 Å². The SMILES string of the molecule is CC(C)CCCON=C(N)N. The molecule has 0 amide bonds. The summed E-state index contributed by atoms with van der Waals surface area (Å²) in [5.41, 5.74) is 10.1. The molecule has 0 heterocycles. The fourth-order valence-corrected chi connectivity index (χ4v) is 0.676. The van der Waals surface area contributed by atoms with Gasteiger partial charge in [0.15, 0.2) is 0 Å². The van der Waals surface area contributed by atoms with E-state index in [0.29, 0.717) is 12.5 Å². The largest absolute Gasteiger partial charge is 0.393 e. The molecule has 0 bridgehead atoms. The van der Waals surface area contributed by atoms with Crippen molar-refractivity contribution in [1.82, 2.24) is 0 Å². The molecule has 0 rings (SSSR count). The predicted molar refractivity (Wildman–Crippen MR) is 45.8 cm³/mol. The average Bonchev–Trinajstić information content (AvgIpc) is 1.85. The van der Waals surface area contributed by atoms with E-state index in [1.165, 1.54) is 0 Å². The molecule has 11 heavy (non-hydrogen) atoms. The predicted octanol–water partition coefficient (Wildman–Crippen LogP) is 0.628. The van der Waals surface area contributed by atoms with Crippen LogP contribution in [0.25, 0.3) is 0 Å². The van der Waals surface area contributed by atoms with E-state index in [-0.39, 0.29) is 5.96 Å². The molecule has 0 aromatic heterocycles. The summed E-state index contributed by atoms with van der Waals surface area (Å²) in [6.45, 7) is 4.93. The Bertz CT molecular complexity index is 119. The van der Waals surface area contributed by atoms with Crippen molar-refractivity contribution in [3.05, 3.63) is 0 Å². The monoisotopic (exact) mass is 159 g/mol. The zero-order valence-corrected chi connectivity index (χ0v) is 7.21. The number of nitrogens with zero attached hydrogens (tertiary/aromatic N) is 1. The molecule has 0 radical (unpaired) electrons. The van der Waals surface area contributed by atoms with Crippen molar-refractivity contribution in [2.45, 2.75) is 26.7 Å². The number of hydrogen-bond acceptors (Lipinski definition) is 2.